The molecule has 1 atom stereocenters. The number of nitrogens with zero attached hydrogens (tertiary/aromatic N) is 3. The number of para-hydroxylation sites is 2. The van der Waals surface area contributed by atoms with Crippen molar-refractivity contribution in [2.24, 2.45) is 5.10 Å². The van der Waals surface area contributed by atoms with Gasteiger partial charge in [-0.3, -0.25) is 14.4 Å². The predicted molar refractivity (Wildman–Crippen MR) is 119 cm³/mol. The molecule has 4 rings (SSSR count). The maximum absolute atomic E-state index is 13.8. The number of carbonyl (C=O) groups is 3. The van der Waals surface area contributed by atoms with Crippen LogP contribution >= 0.6 is 11.8 Å². The van der Waals surface area contributed by atoms with E-state index in [4.69, 9.17) is 4.74 Å². The van der Waals surface area contributed by atoms with Crippen LogP contribution in [0.25, 0.3) is 0 Å². The fourth-order valence-electron chi connectivity index (χ4n) is 3.84. The standard InChI is InChI=1S/C22H22N4O4S/c1-14-8-7-11-18-19(14)25(12-13-30-17-9-5-4-6-10-17)20(29)22(18)26(16(3)28)24-21(31-22)23-15(2)27/h4-11H,12-13H2,1-3H3,(H,23,24,27)/t22-/m0/s1. The van der Waals surface area contributed by atoms with Crippen molar-refractivity contribution in [2.75, 3.05) is 18.1 Å². The number of benzene rings is 2. The summed E-state index contributed by atoms with van der Waals surface area (Å²) in [6, 6.07) is 15.0. The Kier molecular flexibility index (Phi) is 5.45. The van der Waals surface area contributed by atoms with E-state index in [0.717, 1.165) is 23.0 Å². The molecule has 1 spiro atoms. The van der Waals surface area contributed by atoms with Crippen LogP contribution in [0.4, 0.5) is 5.69 Å². The Labute approximate surface area is 184 Å². The van der Waals surface area contributed by atoms with E-state index in [9.17, 15) is 14.4 Å². The fraction of sp³-hybridized carbons (Fsp3) is 0.273. The second-order valence-corrected chi connectivity index (χ2v) is 8.43. The van der Waals surface area contributed by atoms with Crippen molar-refractivity contribution in [3.05, 3.63) is 59.7 Å². The number of hydrogen-bond donors (Lipinski definition) is 1. The molecule has 0 unspecified atom stereocenters. The number of hydrogen-bond acceptors (Lipinski definition) is 6. The molecule has 2 aromatic rings. The average Bonchev–Trinajstić information content (AvgIpc) is 3.21. The molecule has 0 fully saturated rings. The van der Waals surface area contributed by atoms with Crippen LogP contribution in [0.1, 0.15) is 25.0 Å². The molecule has 8 nitrogen and oxygen atoms in total. The molecule has 0 aliphatic carbocycles. The lowest BCUT2D eigenvalue weighted by atomic mass is 10.0. The summed E-state index contributed by atoms with van der Waals surface area (Å²) in [6.07, 6.45) is 0. The third-order valence-electron chi connectivity index (χ3n) is 5.05. The van der Waals surface area contributed by atoms with Crippen LogP contribution in [0.5, 0.6) is 5.75 Å². The van der Waals surface area contributed by atoms with Crippen molar-refractivity contribution in [3.63, 3.8) is 0 Å². The lowest BCUT2D eigenvalue weighted by molar-refractivity contribution is -0.139. The van der Waals surface area contributed by atoms with E-state index in [1.807, 2.05) is 55.5 Å². The third-order valence-corrected chi connectivity index (χ3v) is 6.29. The summed E-state index contributed by atoms with van der Waals surface area (Å²) in [5.74, 6) is -0.297. The number of amidine groups is 1. The second-order valence-electron chi connectivity index (χ2n) is 7.25. The molecule has 0 radical (unpaired) electrons. The maximum Gasteiger partial charge on any atom is 0.270 e. The lowest BCUT2D eigenvalue weighted by Gasteiger charge is -2.29. The molecule has 0 bridgehead atoms. The van der Waals surface area contributed by atoms with E-state index in [2.05, 4.69) is 10.4 Å². The van der Waals surface area contributed by atoms with Crippen LogP contribution in [0, 0.1) is 6.92 Å². The van der Waals surface area contributed by atoms with E-state index in [0.29, 0.717) is 17.9 Å². The number of anilines is 1. The molecular formula is C22H22N4O4S. The highest BCUT2D eigenvalue weighted by atomic mass is 32.2. The first-order chi connectivity index (χ1) is 14.8. The Hall–Kier alpha value is -3.33. The summed E-state index contributed by atoms with van der Waals surface area (Å²) in [5, 5.41) is 8.25. The van der Waals surface area contributed by atoms with Gasteiger partial charge in [0.15, 0.2) is 5.17 Å². The van der Waals surface area contributed by atoms with Gasteiger partial charge in [0, 0.05) is 19.4 Å². The van der Waals surface area contributed by atoms with Crippen molar-refractivity contribution >= 4 is 40.3 Å². The van der Waals surface area contributed by atoms with Crippen molar-refractivity contribution < 1.29 is 19.1 Å². The number of carbonyl (C=O) groups excluding carboxylic acids is 3. The summed E-state index contributed by atoms with van der Waals surface area (Å²) in [5.41, 5.74) is 2.31. The first-order valence-corrected chi connectivity index (χ1v) is 10.6. The normalized spacial score (nSPS) is 19.5. The van der Waals surface area contributed by atoms with Crippen LogP contribution in [-0.4, -0.2) is 41.0 Å². The van der Waals surface area contributed by atoms with Gasteiger partial charge in [-0.1, -0.05) is 36.4 Å². The quantitative estimate of drug-likeness (QED) is 0.792. The molecule has 0 saturated carbocycles. The zero-order chi connectivity index (χ0) is 22.2. The van der Waals surface area contributed by atoms with Crippen LogP contribution in [0.3, 0.4) is 0 Å². The van der Waals surface area contributed by atoms with Gasteiger partial charge in [0.1, 0.15) is 12.4 Å². The van der Waals surface area contributed by atoms with Gasteiger partial charge in [0.25, 0.3) is 5.91 Å². The van der Waals surface area contributed by atoms with Crippen LogP contribution < -0.4 is 15.0 Å². The Balaban J connectivity index is 1.69. The molecule has 31 heavy (non-hydrogen) atoms. The van der Waals surface area contributed by atoms with Gasteiger partial charge >= 0.3 is 0 Å². The highest BCUT2D eigenvalue weighted by Gasteiger charge is 2.61. The molecular weight excluding hydrogens is 416 g/mol. The third kappa shape index (κ3) is 3.54. The molecule has 1 N–H and O–H groups in total. The van der Waals surface area contributed by atoms with Gasteiger partial charge in [0.05, 0.1) is 12.2 Å². The van der Waals surface area contributed by atoms with E-state index in [-0.39, 0.29) is 23.6 Å². The lowest BCUT2D eigenvalue weighted by Crippen LogP contribution is -2.49. The van der Waals surface area contributed by atoms with Crippen LogP contribution in [0.15, 0.2) is 53.6 Å². The maximum atomic E-state index is 13.8. The smallest absolute Gasteiger partial charge is 0.270 e. The largest absolute Gasteiger partial charge is 0.492 e. The van der Waals surface area contributed by atoms with Gasteiger partial charge in [-0.2, -0.15) is 5.01 Å². The number of rotatable bonds is 4. The van der Waals surface area contributed by atoms with Crippen LogP contribution in [-0.2, 0) is 19.3 Å². The zero-order valence-corrected chi connectivity index (χ0v) is 18.2. The van der Waals surface area contributed by atoms with Crippen molar-refractivity contribution in [3.8, 4) is 5.75 Å². The van der Waals surface area contributed by atoms with Gasteiger partial charge in [0.2, 0.25) is 16.7 Å². The van der Waals surface area contributed by atoms with Crippen LogP contribution in [0.2, 0.25) is 0 Å². The number of aryl methyl sites for hydroxylation is 1. The molecule has 9 heteroatoms. The highest BCUT2D eigenvalue weighted by molar-refractivity contribution is 8.15. The summed E-state index contributed by atoms with van der Waals surface area (Å²) in [4.78, 5) is 38.1. The molecule has 2 heterocycles. The number of fused-ring (bicyclic) bond motifs is 2. The predicted octanol–water partition coefficient (Wildman–Crippen LogP) is 2.58. The monoisotopic (exact) mass is 438 g/mol. The minimum Gasteiger partial charge on any atom is -0.492 e. The van der Waals surface area contributed by atoms with E-state index in [1.54, 1.807) is 4.90 Å². The Morgan fingerprint density at radius 1 is 1.13 bits per heavy atom. The van der Waals surface area contributed by atoms with Gasteiger partial charge in [-0.15, -0.1) is 5.10 Å². The second kappa shape index (κ2) is 8.07. The number of ether oxygens (including phenoxy) is 1. The van der Waals surface area contributed by atoms with Gasteiger partial charge < -0.3 is 15.0 Å². The molecule has 3 amide bonds. The zero-order valence-electron chi connectivity index (χ0n) is 17.4. The Morgan fingerprint density at radius 3 is 2.55 bits per heavy atom. The Morgan fingerprint density at radius 2 is 1.87 bits per heavy atom. The first kappa shape index (κ1) is 20.9. The topological polar surface area (TPSA) is 91.3 Å². The Bertz CT molecular complexity index is 1090. The summed E-state index contributed by atoms with van der Waals surface area (Å²) < 4.78 is 5.80. The minimum atomic E-state index is -1.39. The summed E-state index contributed by atoms with van der Waals surface area (Å²) in [7, 11) is 0. The number of thioether (sulfide) groups is 1. The number of nitrogens with one attached hydrogen (secondary N) is 1. The SMILES string of the molecule is CC(=O)NC1=NN(C(C)=O)[C@@]2(S1)C(=O)N(CCOc1ccccc1)c1c(C)cccc12. The number of amides is 3. The molecule has 160 valence electrons. The van der Waals surface area contributed by atoms with Crippen molar-refractivity contribution in [2.45, 2.75) is 25.6 Å². The van der Waals surface area contributed by atoms with Crippen molar-refractivity contribution in [1.82, 2.24) is 10.3 Å². The summed E-state index contributed by atoms with van der Waals surface area (Å²) in [6.45, 7) is 5.21. The fourth-order valence-corrected chi connectivity index (χ4v) is 5.16. The van der Waals surface area contributed by atoms with E-state index < -0.39 is 10.8 Å². The average molecular weight is 439 g/mol. The van der Waals surface area contributed by atoms with E-state index >= 15 is 0 Å². The molecule has 2 aromatic carbocycles. The van der Waals surface area contributed by atoms with Gasteiger partial charge in [-0.05, 0) is 36.4 Å². The number of hydrazone groups is 1. The summed E-state index contributed by atoms with van der Waals surface area (Å²) >= 11 is 1.07. The van der Waals surface area contributed by atoms with E-state index in [1.165, 1.54) is 18.9 Å². The van der Waals surface area contributed by atoms with Gasteiger partial charge in [-0.25, -0.2) is 0 Å². The molecule has 2 aliphatic rings. The first-order valence-electron chi connectivity index (χ1n) is 9.80. The minimum absolute atomic E-state index is 0.214. The highest BCUT2D eigenvalue weighted by Crippen LogP contribution is 2.55. The molecule has 2 aliphatic heterocycles. The molecule has 0 aromatic heterocycles. The van der Waals surface area contributed by atoms with Crippen molar-refractivity contribution in [1.29, 1.82) is 0 Å². The molecule has 0 saturated heterocycles.